The highest BCUT2D eigenvalue weighted by atomic mass is 127. The molecule has 0 spiro atoms. The summed E-state index contributed by atoms with van der Waals surface area (Å²) >= 11 is 6.33. The zero-order valence-electron chi connectivity index (χ0n) is 18.3. The Kier molecular flexibility index (Phi) is 12.1. The standard InChI is InChI=1S/C22H29ClN4O3.HI/c1-5-30-20-18(23)12-16(13-19(20)29-4)14-27-22(25-3)26-10-9-15-7-6-8-17(11-15)21(28)24-2;/h6-8,11-13H,5,9-10,14H2,1-4H3,(H,24,28)(H2,25,26,27);1H. The van der Waals surface area contributed by atoms with Crippen LogP contribution >= 0.6 is 35.6 Å². The van der Waals surface area contributed by atoms with E-state index in [4.69, 9.17) is 21.1 Å². The van der Waals surface area contributed by atoms with Gasteiger partial charge in [0.25, 0.3) is 5.91 Å². The summed E-state index contributed by atoms with van der Waals surface area (Å²) in [6, 6.07) is 11.3. The molecule has 0 heterocycles. The zero-order chi connectivity index (χ0) is 21.9. The lowest BCUT2D eigenvalue weighted by atomic mass is 10.1. The first-order chi connectivity index (χ1) is 14.5. The van der Waals surface area contributed by atoms with Crippen LogP contribution in [0.5, 0.6) is 11.5 Å². The van der Waals surface area contributed by atoms with E-state index in [0.717, 1.165) is 17.5 Å². The molecule has 3 N–H and O–H groups in total. The Hall–Kier alpha value is -2.20. The van der Waals surface area contributed by atoms with E-state index < -0.39 is 0 Å². The Bertz CT molecular complexity index is 893. The van der Waals surface area contributed by atoms with Crippen LogP contribution in [0.3, 0.4) is 0 Å². The van der Waals surface area contributed by atoms with Gasteiger partial charge in [-0.25, -0.2) is 0 Å². The normalized spacial score (nSPS) is 10.7. The Morgan fingerprint density at radius 3 is 2.58 bits per heavy atom. The molecule has 1 amide bonds. The predicted octanol–water partition coefficient (Wildman–Crippen LogP) is 3.63. The number of hydrogen-bond donors (Lipinski definition) is 3. The van der Waals surface area contributed by atoms with Gasteiger partial charge in [-0.05, 0) is 48.7 Å². The van der Waals surface area contributed by atoms with Gasteiger partial charge >= 0.3 is 0 Å². The van der Waals surface area contributed by atoms with Gasteiger partial charge in [-0.3, -0.25) is 9.79 Å². The van der Waals surface area contributed by atoms with E-state index in [1.807, 2.05) is 37.3 Å². The van der Waals surface area contributed by atoms with Gasteiger partial charge in [0.05, 0.1) is 18.7 Å². The maximum absolute atomic E-state index is 11.8. The zero-order valence-corrected chi connectivity index (χ0v) is 21.3. The van der Waals surface area contributed by atoms with E-state index in [1.165, 1.54) is 0 Å². The first-order valence-corrected chi connectivity index (χ1v) is 10.1. The minimum Gasteiger partial charge on any atom is -0.493 e. The molecule has 0 atom stereocenters. The van der Waals surface area contributed by atoms with E-state index in [9.17, 15) is 4.79 Å². The molecular formula is C22H30ClIN4O3. The molecule has 0 aliphatic carbocycles. The van der Waals surface area contributed by atoms with Gasteiger partial charge in [-0.15, -0.1) is 24.0 Å². The number of halogens is 2. The van der Waals surface area contributed by atoms with Crippen molar-refractivity contribution >= 4 is 47.4 Å². The molecule has 0 radical (unpaired) electrons. The predicted molar refractivity (Wildman–Crippen MR) is 136 cm³/mol. The summed E-state index contributed by atoms with van der Waals surface area (Å²) in [6.45, 7) is 3.60. The highest BCUT2D eigenvalue weighted by molar-refractivity contribution is 14.0. The number of rotatable bonds is 9. The number of nitrogens with zero attached hydrogens (tertiary/aromatic N) is 1. The van der Waals surface area contributed by atoms with Crippen LogP contribution < -0.4 is 25.4 Å². The van der Waals surface area contributed by atoms with Crippen LogP contribution in [-0.2, 0) is 13.0 Å². The fourth-order valence-corrected chi connectivity index (χ4v) is 3.19. The smallest absolute Gasteiger partial charge is 0.251 e. The van der Waals surface area contributed by atoms with Crippen molar-refractivity contribution in [1.82, 2.24) is 16.0 Å². The fourth-order valence-electron chi connectivity index (χ4n) is 2.90. The third kappa shape index (κ3) is 8.10. The average molecular weight is 561 g/mol. The summed E-state index contributed by atoms with van der Waals surface area (Å²) in [6.07, 6.45) is 0.758. The van der Waals surface area contributed by atoms with E-state index in [-0.39, 0.29) is 29.9 Å². The van der Waals surface area contributed by atoms with Crippen molar-refractivity contribution in [3.05, 3.63) is 58.1 Å². The van der Waals surface area contributed by atoms with Crippen LogP contribution in [0.1, 0.15) is 28.4 Å². The molecule has 0 aromatic heterocycles. The molecule has 2 aromatic rings. The fraction of sp³-hybridized carbons (Fsp3) is 0.364. The number of carbonyl (C=O) groups is 1. The van der Waals surface area contributed by atoms with Crippen molar-refractivity contribution in [3.8, 4) is 11.5 Å². The number of carbonyl (C=O) groups excluding carboxylic acids is 1. The van der Waals surface area contributed by atoms with Crippen molar-refractivity contribution in [2.24, 2.45) is 4.99 Å². The van der Waals surface area contributed by atoms with Gasteiger partial charge in [0.2, 0.25) is 0 Å². The van der Waals surface area contributed by atoms with Crippen LogP contribution in [0, 0.1) is 0 Å². The maximum atomic E-state index is 11.8. The van der Waals surface area contributed by atoms with Gasteiger partial charge in [0.1, 0.15) is 0 Å². The Balaban J connectivity index is 0.00000480. The van der Waals surface area contributed by atoms with E-state index >= 15 is 0 Å². The van der Waals surface area contributed by atoms with Gasteiger partial charge in [-0.1, -0.05) is 23.7 Å². The van der Waals surface area contributed by atoms with Crippen molar-refractivity contribution in [3.63, 3.8) is 0 Å². The quantitative estimate of drug-likeness (QED) is 0.248. The Labute approximate surface area is 206 Å². The highest BCUT2D eigenvalue weighted by Gasteiger charge is 2.12. The summed E-state index contributed by atoms with van der Waals surface area (Å²) in [5.41, 5.74) is 2.67. The lowest BCUT2D eigenvalue weighted by Crippen LogP contribution is -2.37. The largest absolute Gasteiger partial charge is 0.493 e. The van der Waals surface area contributed by atoms with Gasteiger partial charge in [-0.2, -0.15) is 0 Å². The number of guanidine groups is 1. The van der Waals surface area contributed by atoms with Crippen LogP contribution in [0.2, 0.25) is 5.02 Å². The number of nitrogens with one attached hydrogen (secondary N) is 3. The number of ether oxygens (including phenoxy) is 2. The topological polar surface area (TPSA) is 84.0 Å². The molecule has 0 aliphatic heterocycles. The minimum absolute atomic E-state index is 0. The van der Waals surface area contributed by atoms with Crippen LogP contribution in [0.15, 0.2) is 41.4 Å². The second kappa shape index (κ2) is 14.0. The molecule has 31 heavy (non-hydrogen) atoms. The number of amides is 1. The molecular weight excluding hydrogens is 531 g/mol. The number of benzene rings is 2. The van der Waals surface area contributed by atoms with Crippen molar-refractivity contribution in [1.29, 1.82) is 0 Å². The average Bonchev–Trinajstić information content (AvgIpc) is 2.77. The highest BCUT2D eigenvalue weighted by Crippen LogP contribution is 2.36. The number of aliphatic imine (C=N–C) groups is 1. The third-order valence-electron chi connectivity index (χ3n) is 4.38. The molecule has 0 unspecified atom stereocenters. The Morgan fingerprint density at radius 2 is 1.94 bits per heavy atom. The van der Waals surface area contributed by atoms with Gasteiger partial charge in [0.15, 0.2) is 17.5 Å². The number of methoxy groups -OCH3 is 1. The molecule has 0 saturated carbocycles. The third-order valence-corrected chi connectivity index (χ3v) is 4.66. The first kappa shape index (κ1) is 26.8. The minimum atomic E-state index is -0.0910. The summed E-state index contributed by atoms with van der Waals surface area (Å²) < 4.78 is 10.9. The summed E-state index contributed by atoms with van der Waals surface area (Å²) in [4.78, 5) is 16.0. The number of hydrogen-bond acceptors (Lipinski definition) is 4. The molecule has 0 aliphatic rings. The molecule has 0 saturated heterocycles. The molecule has 170 valence electrons. The first-order valence-electron chi connectivity index (χ1n) is 9.77. The molecule has 0 bridgehead atoms. The molecule has 2 rings (SSSR count). The van der Waals surface area contributed by atoms with Crippen molar-refractivity contribution < 1.29 is 14.3 Å². The Morgan fingerprint density at radius 1 is 1.16 bits per heavy atom. The molecule has 9 heteroatoms. The summed E-state index contributed by atoms with van der Waals surface area (Å²) in [7, 11) is 4.93. The van der Waals surface area contributed by atoms with Crippen LogP contribution in [-0.4, -0.2) is 46.2 Å². The lowest BCUT2D eigenvalue weighted by Gasteiger charge is -2.15. The van der Waals surface area contributed by atoms with E-state index in [1.54, 1.807) is 27.3 Å². The molecule has 0 fully saturated rings. The molecule has 7 nitrogen and oxygen atoms in total. The second-order valence-corrected chi connectivity index (χ2v) is 6.83. The second-order valence-electron chi connectivity index (χ2n) is 6.42. The molecule has 2 aromatic carbocycles. The monoisotopic (exact) mass is 560 g/mol. The maximum Gasteiger partial charge on any atom is 0.251 e. The van der Waals surface area contributed by atoms with Crippen LogP contribution in [0.25, 0.3) is 0 Å². The lowest BCUT2D eigenvalue weighted by molar-refractivity contribution is 0.0963. The van der Waals surface area contributed by atoms with Crippen molar-refractivity contribution in [2.75, 3.05) is 34.4 Å². The van der Waals surface area contributed by atoms with Gasteiger partial charge in [0, 0.05) is 32.7 Å². The van der Waals surface area contributed by atoms with E-state index in [2.05, 4.69) is 20.9 Å². The van der Waals surface area contributed by atoms with Gasteiger partial charge < -0.3 is 25.4 Å². The SMILES string of the molecule is CCOc1c(Cl)cc(CNC(=NC)NCCc2cccc(C(=O)NC)c2)cc1OC.I. The summed E-state index contributed by atoms with van der Waals surface area (Å²) in [5.74, 6) is 1.72. The van der Waals surface area contributed by atoms with Crippen molar-refractivity contribution in [2.45, 2.75) is 19.9 Å². The summed E-state index contributed by atoms with van der Waals surface area (Å²) in [5, 5.41) is 9.68. The van der Waals surface area contributed by atoms with E-state index in [0.29, 0.717) is 47.7 Å². The van der Waals surface area contributed by atoms with Crippen LogP contribution in [0.4, 0.5) is 0 Å².